The number of sulfone groups is 1. The molecular formula is C13H13N5O2S. The molecule has 7 nitrogen and oxygen atoms in total. The molecule has 8 heteroatoms. The normalized spacial score (nSPS) is 11.7. The predicted octanol–water partition coefficient (Wildman–Crippen LogP) is 1.14. The van der Waals surface area contributed by atoms with E-state index in [2.05, 4.69) is 20.3 Å². The molecule has 0 amide bonds. The van der Waals surface area contributed by atoms with Crippen molar-refractivity contribution in [2.24, 2.45) is 0 Å². The largest absolute Gasteiger partial charge is 0.363 e. The Morgan fingerprint density at radius 3 is 2.67 bits per heavy atom. The molecule has 0 bridgehead atoms. The summed E-state index contributed by atoms with van der Waals surface area (Å²) in [5.41, 5.74) is 1.52. The first kappa shape index (κ1) is 13.5. The van der Waals surface area contributed by atoms with E-state index >= 15 is 0 Å². The van der Waals surface area contributed by atoms with E-state index in [1.54, 1.807) is 18.6 Å². The smallest absolute Gasteiger partial charge is 0.192 e. The topological polar surface area (TPSA) is 89.2 Å². The van der Waals surface area contributed by atoms with Crippen LogP contribution in [-0.4, -0.2) is 34.0 Å². The number of rotatable bonds is 4. The van der Waals surface area contributed by atoms with Crippen molar-refractivity contribution in [3.05, 3.63) is 48.7 Å². The number of hydrogen-bond acceptors (Lipinski definition) is 6. The second kappa shape index (κ2) is 5.13. The van der Waals surface area contributed by atoms with Crippen LogP contribution in [0.15, 0.2) is 48.1 Å². The number of pyridine rings is 1. The first-order valence-corrected chi connectivity index (χ1v) is 8.10. The van der Waals surface area contributed by atoms with Crippen molar-refractivity contribution in [1.29, 1.82) is 0 Å². The van der Waals surface area contributed by atoms with Gasteiger partial charge in [-0.3, -0.25) is 9.38 Å². The summed E-state index contributed by atoms with van der Waals surface area (Å²) in [6.45, 7) is 0.552. The first-order valence-electron chi connectivity index (χ1n) is 6.20. The summed E-state index contributed by atoms with van der Waals surface area (Å²) in [5, 5.41) is 3.30. The second-order valence-electron chi connectivity index (χ2n) is 4.55. The number of imidazole rings is 1. The molecule has 0 atom stereocenters. The number of nitrogens with one attached hydrogen (secondary N) is 1. The van der Waals surface area contributed by atoms with Crippen molar-refractivity contribution in [3.63, 3.8) is 0 Å². The molecule has 0 aliphatic carbocycles. The number of nitrogens with zero attached hydrogens (tertiary/aromatic N) is 4. The fourth-order valence-electron chi connectivity index (χ4n) is 1.98. The van der Waals surface area contributed by atoms with Gasteiger partial charge in [-0.05, 0) is 17.7 Å². The van der Waals surface area contributed by atoms with Gasteiger partial charge in [0.05, 0.1) is 6.20 Å². The lowest BCUT2D eigenvalue weighted by Gasteiger charge is -2.07. The summed E-state index contributed by atoms with van der Waals surface area (Å²) in [4.78, 5) is 12.3. The molecule has 3 rings (SSSR count). The molecule has 0 fully saturated rings. The Morgan fingerprint density at radius 2 is 1.95 bits per heavy atom. The highest BCUT2D eigenvalue weighted by Crippen LogP contribution is 2.18. The van der Waals surface area contributed by atoms with Gasteiger partial charge in [0.2, 0.25) is 0 Å². The van der Waals surface area contributed by atoms with Gasteiger partial charge in [-0.25, -0.2) is 18.4 Å². The fraction of sp³-hybridized carbons (Fsp3) is 0.154. The quantitative estimate of drug-likeness (QED) is 0.777. The summed E-state index contributed by atoms with van der Waals surface area (Å²) in [7, 11) is -3.33. The van der Waals surface area contributed by atoms with Gasteiger partial charge in [0, 0.05) is 37.6 Å². The van der Waals surface area contributed by atoms with Gasteiger partial charge in [-0.1, -0.05) is 0 Å². The highest BCUT2D eigenvalue weighted by atomic mass is 32.2. The third-order valence-electron chi connectivity index (χ3n) is 2.98. The highest BCUT2D eigenvalue weighted by Gasteiger charge is 2.15. The third-order valence-corrected chi connectivity index (χ3v) is 4.05. The summed E-state index contributed by atoms with van der Waals surface area (Å²) in [6.07, 6.45) is 9.03. The minimum atomic E-state index is -3.33. The van der Waals surface area contributed by atoms with Gasteiger partial charge >= 0.3 is 0 Å². The zero-order valence-electron chi connectivity index (χ0n) is 11.3. The molecule has 108 valence electrons. The Labute approximate surface area is 121 Å². The standard InChI is InChI=1S/C13H13N5O2S/c1-21(19,20)11-9-17-13-12(15-6-7-18(11)13)16-8-10-2-4-14-5-3-10/h2-7,9H,8H2,1H3,(H,15,16). The van der Waals surface area contributed by atoms with E-state index in [0.717, 1.165) is 11.8 Å². The summed E-state index contributed by atoms with van der Waals surface area (Å²) in [5.74, 6) is 0.532. The van der Waals surface area contributed by atoms with Crippen LogP contribution in [0.5, 0.6) is 0 Å². The maximum atomic E-state index is 11.7. The summed E-state index contributed by atoms with van der Waals surface area (Å²) >= 11 is 0. The van der Waals surface area contributed by atoms with Crippen molar-refractivity contribution in [2.75, 3.05) is 11.6 Å². The van der Waals surface area contributed by atoms with Crippen LogP contribution in [0.4, 0.5) is 5.82 Å². The van der Waals surface area contributed by atoms with Crippen molar-refractivity contribution < 1.29 is 8.42 Å². The molecule has 3 aromatic rings. The van der Waals surface area contributed by atoms with Crippen LogP contribution >= 0.6 is 0 Å². The zero-order chi connectivity index (χ0) is 14.9. The average Bonchev–Trinajstić information content (AvgIpc) is 2.90. The molecule has 1 N–H and O–H groups in total. The molecule has 3 heterocycles. The SMILES string of the molecule is CS(=O)(=O)c1cnc2c(NCc3ccncc3)nccn12. The van der Waals surface area contributed by atoms with Crippen molar-refractivity contribution in [1.82, 2.24) is 19.4 Å². The van der Waals surface area contributed by atoms with Gasteiger partial charge in [-0.15, -0.1) is 0 Å². The molecule has 0 aliphatic heterocycles. The average molecular weight is 303 g/mol. The van der Waals surface area contributed by atoms with Crippen LogP contribution in [0.3, 0.4) is 0 Å². The first-order chi connectivity index (χ1) is 10.1. The minimum Gasteiger partial charge on any atom is -0.363 e. The van der Waals surface area contributed by atoms with Crippen molar-refractivity contribution in [2.45, 2.75) is 11.6 Å². The molecule has 0 saturated heterocycles. The van der Waals surface area contributed by atoms with Crippen molar-refractivity contribution >= 4 is 21.3 Å². The Hall–Kier alpha value is -2.48. The number of fused-ring (bicyclic) bond motifs is 1. The Kier molecular flexibility index (Phi) is 3.30. The molecule has 3 aromatic heterocycles. The maximum Gasteiger partial charge on any atom is 0.192 e. The fourth-order valence-corrected chi connectivity index (χ4v) is 2.73. The lowest BCUT2D eigenvalue weighted by atomic mass is 10.3. The van der Waals surface area contributed by atoms with E-state index in [-0.39, 0.29) is 5.03 Å². The van der Waals surface area contributed by atoms with Gasteiger partial charge in [-0.2, -0.15) is 0 Å². The Bertz CT molecular complexity index is 874. The van der Waals surface area contributed by atoms with E-state index in [9.17, 15) is 8.42 Å². The summed E-state index contributed by atoms with van der Waals surface area (Å²) < 4.78 is 24.9. The molecular weight excluding hydrogens is 290 g/mol. The molecule has 0 saturated carbocycles. The lowest BCUT2D eigenvalue weighted by Crippen LogP contribution is -2.06. The van der Waals surface area contributed by atoms with Crippen LogP contribution in [0.25, 0.3) is 5.65 Å². The summed E-state index contributed by atoms with van der Waals surface area (Å²) in [6, 6.07) is 3.78. The van der Waals surface area contributed by atoms with Gasteiger partial charge in [0.25, 0.3) is 0 Å². The second-order valence-corrected chi connectivity index (χ2v) is 6.51. The number of hydrogen-bond donors (Lipinski definition) is 1. The Balaban J connectivity index is 1.95. The predicted molar refractivity (Wildman–Crippen MR) is 77.7 cm³/mol. The monoisotopic (exact) mass is 303 g/mol. The lowest BCUT2D eigenvalue weighted by molar-refractivity contribution is 0.597. The van der Waals surface area contributed by atoms with E-state index in [1.165, 1.54) is 16.8 Å². The van der Waals surface area contributed by atoms with Gasteiger partial charge < -0.3 is 5.32 Å². The van der Waals surface area contributed by atoms with E-state index < -0.39 is 9.84 Å². The minimum absolute atomic E-state index is 0.145. The molecule has 0 aliphatic rings. The molecule has 0 aromatic carbocycles. The zero-order valence-corrected chi connectivity index (χ0v) is 12.1. The highest BCUT2D eigenvalue weighted by molar-refractivity contribution is 7.90. The van der Waals surface area contributed by atoms with Gasteiger partial charge in [0.15, 0.2) is 26.3 Å². The van der Waals surface area contributed by atoms with Crippen LogP contribution in [0.2, 0.25) is 0 Å². The number of anilines is 1. The van der Waals surface area contributed by atoms with Crippen molar-refractivity contribution in [3.8, 4) is 0 Å². The van der Waals surface area contributed by atoms with E-state index in [1.807, 2.05) is 12.1 Å². The van der Waals surface area contributed by atoms with Crippen LogP contribution in [0.1, 0.15) is 5.56 Å². The maximum absolute atomic E-state index is 11.7. The Morgan fingerprint density at radius 1 is 1.19 bits per heavy atom. The molecule has 0 spiro atoms. The van der Waals surface area contributed by atoms with Crippen LogP contribution in [-0.2, 0) is 16.4 Å². The van der Waals surface area contributed by atoms with E-state index in [4.69, 9.17) is 0 Å². The molecule has 21 heavy (non-hydrogen) atoms. The van der Waals surface area contributed by atoms with Crippen LogP contribution < -0.4 is 5.32 Å². The molecule has 0 radical (unpaired) electrons. The molecule has 0 unspecified atom stereocenters. The number of aromatic nitrogens is 4. The van der Waals surface area contributed by atoms with E-state index in [0.29, 0.717) is 18.0 Å². The third kappa shape index (κ3) is 2.70. The van der Waals surface area contributed by atoms with Crippen LogP contribution in [0, 0.1) is 0 Å². The van der Waals surface area contributed by atoms with Gasteiger partial charge in [0.1, 0.15) is 0 Å².